The highest BCUT2D eigenvalue weighted by molar-refractivity contribution is 6.32. The van der Waals surface area contributed by atoms with Crippen LogP contribution in [0.4, 0.5) is 18.9 Å². The van der Waals surface area contributed by atoms with Gasteiger partial charge in [0.2, 0.25) is 0 Å². The molecule has 1 aromatic carbocycles. The lowest BCUT2D eigenvalue weighted by atomic mass is 10.0. The van der Waals surface area contributed by atoms with Crippen LogP contribution in [-0.4, -0.2) is 49.4 Å². The second kappa shape index (κ2) is 9.62. The Morgan fingerprint density at radius 1 is 1.10 bits per heavy atom. The van der Waals surface area contributed by atoms with E-state index in [0.29, 0.717) is 18.1 Å². The highest BCUT2D eigenvalue weighted by atomic mass is 19.4. The van der Waals surface area contributed by atoms with Crippen LogP contribution in [0.1, 0.15) is 43.7 Å². The van der Waals surface area contributed by atoms with Crippen molar-refractivity contribution < 1.29 is 22.8 Å². The lowest BCUT2D eigenvalue weighted by Gasteiger charge is -2.27. The van der Waals surface area contributed by atoms with E-state index < -0.39 is 29.1 Å². The maximum Gasteiger partial charge on any atom is 0.417 e. The van der Waals surface area contributed by atoms with Crippen molar-refractivity contribution in [3.05, 3.63) is 40.5 Å². The minimum absolute atomic E-state index is 0.172. The fraction of sp³-hybridized carbons (Fsp3) is 0.500. The molecule has 1 fully saturated rings. The molecule has 1 aromatic rings. The molecule has 0 aliphatic carbocycles. The molecule has 2 amide bonds. The molecule has 2 aliphatic rings. The Kier molecular flexibility index (Phi) is 7.13. The Morgan fingerprint density at radius 2 is 1.81 bits per heavy atom. The minimum Gasteiger partial charge on any atom is -0.314 e. The molecule has 2 heterocycles. The summed E-state index contributed by atoms with van der Waals surface area (Å²) in [6, 6.07) is 4.38. The Hall–Kier alpha value is -2.70. The molecule has 0 unspecified atom stereocenters. The number of hydrogen-bond acceptors (Lipinski definition) is 5. The van der Waals surface area contributed by atoms with Gasteiger partial charge >= 0.3 is 6.18 Å². The normalized spacial score (nSPS) is 18.1. The number of nitrogens with zero attached hydrogens (tertiary/aromatic N) is 3. The van der Waals surface area contributed by atoms with Gasteiger partial charge in [0, 0.05) is 37.3 Å². The fourth-order valence-corrected chi connectivity index (χ4v) is 3.97. The number of halogens is 3. The number of nitriles is 1. The van der Waals surface area contributed by atoms with E-state index in [1.54, 1.807) is 0 Å². The molecule has 6 nitrogen and oxygen atoms in total. The number of alkyl halides is 3. The van der Waals surface area contributed by atoms with E-state index in [2.05, 4.69) is 10.2 Å². The Labute approximate surface area is 179 Å². The average molecular weight is 434 g/mol. The van der Waals surface area contributed by atoms with Gasteiger partial charge in [-0.25, -0.2) is 4.90 Å². The third kappa shape index (κ3) is 5.14. The summed E-state index contributed by atoms with van der Waals surface area (Å²) >= 11 is 0. The summed E-state index contributed by atoms with van der Waals surface area (Å²) in [5.74, 6) is -1.19. The van der Waals surface area contributed by atoms with E-state index in [0.717, 1.165) is 63.0 Å². The van der Waals surface area contributed by atoms with E-state index in [4.69, 9.17) is 5.26 Å². The number of anilines is 1. The van der Waals surface area contributed by atoms with E-state index in [-0.39, 0.29) is 11.3 Å². The van der Waals surface area contributed by atoms with Crippen molar-refractivity contribution >= 4 is 17.5 Å². The highest BCUT2D eigenvalue weighted by Crippen LogP contribution is 2.36. The van der Waals surface area contributed by atoms with Crippen LogP contribution in [0.2, 0.25) is 0 Å². The summed E-state index contributed by atoms with van der Waals surface area (Å²) in [5.41, 5.74) is -1.26. The lowest BCUT2D eigenvalue weighted by Crippen LogP contribution is -2.43. The molecule has 0 atom stereocenters. The summed E-state index contributed by atoms with van der Waals surface area (Å²) < 4.78 is 39.8. The van der Waals surface area contributed by atoms with Crippen LogP contribution in [0.3, 0.4) is 0 Å². The average Bonchev–Trinajstić information content (AvgIpc) is 2.96. The van der Waals surface area contributed by atoms with Crippen molar-refractivity contribution in [3.8, 4) is 6.07 Å². The zero-order valence-corrected chi connectivity index (χ0v) is 17.4. The molecular formula is C22H25F3N4O2. The number of imide groups is 1. The third-order valence-corrected chi connectivity index (χ3v) is 5.74. The molecule has 0 bridgehead atoms. The molecule has 3 rings (SSSR count). The quantitative estimate of drug-likeness (QED) is 0.527. The zero-order valence-electron chi connectivity index (χ0n) is 17.4. The van der Waals surface area contributed by atoms with Gasteiger partial charge in [0.25, 0.3) is 11.8 Å². The van der Waals surface area contributed by atoms with E-state index in [1.807, 2.05) is 0 Å². The Balaban J connectivity index is 1.64. The first-order valence-electron chi connectivity index (χ1n) is 10.4. The molecule has 0 radical (unpaired) electrons. The molecule has 0 aromatic heterocycles. The maximum absolute atomic E-state index is 13.3. The van der Waals surface area contributed by atoms with Crippen LogP contribution in [0.25, 0.3) is 0 Å². The van der Waals surface area contributed by atoms with Gasteiger partial charge in [-0.3, -0.25) is 9.59 Å². The molecule has 166 valence electrons. The number of carbonyl (C=O) groups excluding carboxylic acids is 2. The number of hydrogen-bond donors (Lipinski definition) is 1. The van der Waals surface area contributed by atoms with Crippen molar-refractivity contribution in [3.63, 3.8) is 0 Å². The lowest BCUT2D eigenvalue weighted by molar-refractivity contribution is -0.138. The highest BCUT2D eigenvalue weighted by Gasteiger charge is 2.39. The number of carbonyl (C=O) groups is 2. The van der Waals surface area contributed by atoms with Gasteiger partial charge in [-0.2, -0.15) is 18.4 Å². The number of benzene rings is 1. The standard InChI is InChI=1S/C22H25F3N4O2/c1-15-18(5-3-2-4-10-28-11-8-27-9-12-28)21(31)29(20(15)30)17-7-6-16(14-26)19(13-17)22(23,24)25/h6-7,13,27H,2-5,8-12H2,1H3. The number of piperazine rings is 1. The van der Waals surface area contributed by atoms with Gasteiger partial charge in [0.1, 0.15) is 0 Å². The first kappa shape index (κ1) is 23.0. The molecule has 31 heavy (non-hydrogen) atoms. The molecule has 0 spiro atoms. The van der Waals surface area contributed by atoms with Crippen molar-refractivity contribution in [1.29, 1.82) is 5.26 Å². The summed E-state index contributed by atoms with van der Waals surface area (Å²) in [5, 5.41) is 12.2. The number of rotatable bonds is 7. The summed E-state index contributed by atoms with van der Waals surface area (Å²) in [6.45, 7) is 6.55. The van der Waals surface area contributed by atoms with Crippen LogP contribution < -0.4 is 10.2 Å². The minimum atomic E-state index is -4.76. The molecule has 1 N–H and O–H groups in total. The van der Waals surface area contributed by atoms with Crippen LogP contribution in [-0.2, 0) is 15.8 Å². The van der Waals surface area contributed by atoms with Crippen molar-refractivity contribution in [2.45, 2.75) is 38.8 Å². The first-order valence-corrected chi connectivity index (χ1v) is 10.4. The van der Waals surface area contributed by atoms with Crippen molar-refractivity contribution in [1.82, 2.24) is 10.2 Å². The third-order valence-electron chi connectivity index (χ3n) is 5.74. The van der Waals surface area contributed by atoms with E-state index >= 15 is 0 Å². The number of nitrogens with one attached hydrogen (secondary N) is 1. The zero-order chi connectivity index (χ0) is 22.6. The van der Waals surface area contributed by atoms with Crippen LogP contribution in [0.15, 0.2) is 29.3 Å². The molecule has 2 aliphatic heterocycles. The predicted molar refractivity (Wildman–Crippen MR) is 109 cm³/mol. The van der Waals surface area contributed by atoms with Gasteiger partial charge in [-0.15, -0.1) is 0 Å². The van der Waals surface area contributed by atoms with Crippen molar-refractivity contribution in [2.24, 2.45) is 0 Å². The predicted octanol–water partition coefficient (Wildman–Crippen LogP) is 3.23. The van der Waals surface area contributed by atoms with Gasteiger partial charge in [0.05, 0.1) is 22.9 Å². The summed E-state index contributed by atoms with van der Waals surface area (Å²) in [4.78, 5) is 28.6. The Bertz CT molecular complexity index is 928. The van der Waals surface area contributed by atoms with Crippen LogP contribution >= 0.6 is 0 Å². The van der Waals surface area contributed by atoms with E-state index in [9.17, 15) is 22.8 Å². The second-order valence-electron chi connectivity index (χ2n) is 7.79. The molecular weight excluding hydrogens is 409 g/mol. The van der Waals surface area contributed by atoms with Crippen LogP contribution in [0, 0.1) is 11.3 Å². The van der Waals surface area contributed by atoms with Gasteiger partial charge in [-0.1, -0.05) is 6.42 Å². The first-order chi connectivity index (χ1) is 14.7. The number of amides is 2. The van der Waals surface area contributed by atoms with Gasteiger partial charge in [0.15, 0.2) is 0 Å². The number of unbranched alkanes of at least 4 members (excludes halogenated alkanes) is 2. The van der Waals surface area contributed by atoms with Crippen LogP contribution in [0.5, 0.6) is 0 Å². The molecule has 9 heteroatoms. The summed E-state index contributed by atoms with van der Waals surface area (Å²) in [7, 11) is 0. The maximum atomic E-state index is 13.3. The van der Waals surface area contributed by atoms with Gasteiger partial charge in [-0.05, 0) is 50.9 Å². The molecule has 1 saturated heterocycles. The van der Waals surface area contributed by atoms with Crippen molar-refractivity contribution in [2.75, 3.05) is 37.6 Å². The van der Waals surface area contributed by atoms with E-state index in [1.165, 1.54) is 19.1 Å². The smallest absolute Gasteiger partial charge is 0.314 e. The SMILES string of the molecule is CC1=C(CCCCCN2CCNCC2)C(=O)N(c2ccc(C#N)c(C(F)(F)F)c2)C1=O. The Morgan fingerprint density at radius 3 is 2.45 bits per heavy atom. The fourth-order valence-electron chi connectivity index (χ4n) is 3.97. The molecule has 0 saturated carbocycles. The monoisotopic (exact) mass is 434 g/mol. The topological polar surface area (TPSA) is 76.4 Å². The second-order valence-corrected chi connectivity index (χ2v) is 7.79. The van der Waals surface area contributed by atoms with Gasteiger partial charge < -0.3 is 10.2 Å². The largest absolute Gasteiger partial charge is 0.417 e. The summed E-state index contributed by atoms with van der Waals surface area (Å²) in [6.07, 6.45) is -1.73.